The predicted molar refractivity (Wildman–Crippen MR) is 64.2 cm³/mol. The van der Waals surface area contributed by atoms with E-state index in [0.29, 0.717) is 0 Å². The van der Waals surface area contributed by atoms with E-state index in [1.54, 1.807) is 22.8 Å². The quantitative estimate of drug-likeness (QED) is 0.752. The summed E-state index contributed by atoms with van der Waals surface area (Å²) in [5, 5.41) is 12.8. The van der Waals surface area contributed by atoms with E-state index in [9.17, 15) is 0 Å². The van der Waals surface area contributed by atoms with Crippen LogP contribution in [0.5, 0.6) is 0 Å². The zero-order valence-electron chi connectivity index (χ0n) is 8.32. The standard InChI is InChI=1S/C11H8N4S/c1-2-4-9(5-3-1)6-10-7-13-15-8-12-14-11(15)16-10/h1-8H. The van der Waals surface area contributed by atoms with Crippen molar-refractivity contribution >= 4 is 24.1 Å². The van der Waals surface area contributed by atoms with Crippen molar-refractivity contribution in [3.63, 3.8) is 0 Å². The molecular weight excluding hydrogens is 220 g/mol. The van der Waals surface area contributed by atoms with Crippen molar-refractivity contribution in [2.75, 3.05) is 0 Å². The molecule has 0 aliphatic carbocycles. The largest absolute Gasteiger partial charge is 0.216 e. The lowest BCUT2D eigenvalue weighted by Crippen LogP contribution is -1.97. The van der Waals surface area contributed by atoms with E-state index in [2.05, 4.69) is 33.5 Å². The number of rotatable bonds is 1. The Bertz CT molecular complexity index is 556. The van der Waals surface area contributed by atoms with E-state index in [0.717, 1.165) is 15.6 Å². The number of thioether (sulfide) groups is 1. The molecule has 78 valence electrons. The SMILES string of the molecule is C1=Nn2cnnc2SC1=Cc1ccccc1. The van der Waals surface area contributed by atoms with Gasteiger partial charge in [0.2, 0.25) is 5.16 Å². The number of nitrogens with zero attached hydrogens (tertiary/aromatic N) is 4. The highest BCUT2D eigenvalue weighted by molar-refractivity contribution is 8.04. The lowest BCUT2D eigenvalue weighted by molar-refractivity contribution is 0.765. The molecule has 0 fully saturated rings. The molecule has 0 bridgehead atoms. The van der Waals surface area contributed by atoms with Gasteiger partial charge in [-0.15, -0.1) is 10.2 Å². The fourth-order valence-corrected chi connectivity index (χ4v) is 2.18. The number of benzene rings is 1. The van der Waals surface area contributed by atoms with Crippen molar-refractivity contribution in [2.24, 2.45) is 5.10 Å². The van der Waals surface area contributed by atoms with Crippen LogP contribution >= 0.6 is 11.8 Å². The smallest absolute Gasteiger partial charge is 0.194 e. The highest BCUT2D eigenvalue weighted by Gasteiger charge is 2.11. The summed E-state index contributed by atoms with van der Waals surface area (Å²) in [6.07, 6.45) is 5.48. The molecule has 2 heterocycles. The molecule has 2 aromatic rings. The molecule has 4 nitrogen and oxygen atoms in total. The lowest BCUT2D eigenvalue weighted by Gasteiger charge is -2.06. The maximum atomic E-state index is 4.21. The van der Waals surface area contributed by atoms with Crippen molar-refractivity contribution < 1.29 is 0 Å². The molecule has 1 aliphatic rings. The molecule has 0 atom stereocenters. The maximum absolute atomic E-state index is 4.21. The molecule has 1 aromatic heterocycles. The number of allylic oxidation sites excluding steroid dienone is 1. The van der Waals surface area contributed by atoms with Crippen LogP contribution in [0, 0.1) is 0 Å². The minimum atomic E-state index is 0.796. The molecule has 0 amide bonds. The average molecular weight is 228 g/mol. The van der Waals surface area contributed by atoms with Crippen LogP contribution in [0.1, 0.15) is 5.56 Å². The van der Waals surface area contributed by atoms with Crippen LogP contribution in [0.25, 0.3) is 6.08 Å². The number of fused-ring (bicyclic) bond motifs is 1. The fourth-order valence-electron chi connectivity index (χ4n) is 1.40. The van der Waals surface area contributed by atoms with Crippen LogP contribution in [0.4, 0.5) is 0 Å². The van der Waals surface area contributed by atoms with Gasteiger partial charge in [0.1, 0.15) is 6.33 Å². The summed E-state index contributed by atoms with van der Waals surface area (Å²) in [5.41, 5.74) is 1.16. The van der Waals surface area contributed by atoms with E-state index in [1.165, 1.54) is 0 Å². The van der Waals surface area contributed by atoms with E-state index in [4.69, 9.17) is 0 Å². The van der Waals surface area contributed by atoms with Gasteiger partial charge in [-0.25, -0.2) is 0 Å². The van der Waals surface area contributed by atoms with E-state index in [1.807, 2.05) is 24.4 Å². The molecule has 3 rings (SSSR count). The molecule has 0 spiro atoms. The summed E-state index contributed by atoms with van der Waals surface area (Å²) in [6.45, 7) is 0. The number of hydrogen-bond donors (Lipinski definition) is 0. The molecule has 1 aliphatic heterocycles. The summed E-state index contributed by atoms with van der Waals surface area (Å²) in [6, 6.07) is 10.1. The van der Waals surface area contributed by atoms with Gasteiger partial charge in [-0.3, -0.25) is 0 Å². The Morgan fingerprint density at radius 1 is 1.19 bits per heavy atom. The molecule has 0 saturated carbocycles. The Morgan fingerprint density at radius 3 is 2.94 bits per heavy atom. The van der Waals surface area contributed by atoms with Gasteiger partial charge in [-0.2, -0.15) is 9.78 Å². The Kier molecular flexibility index (Phi) is 2.30. The molecule has 0 N–H and O–H groups in total. The molecular formula is C11H8N4S. The van der Waals surface area contributed by atoms with Crippen LogP contribution in [0.2, 0.25) is 0 Å². The summed E-state index contributed by atoms with van der Waals surface area (Å²) in [5.74, 6) is 0. The maximum Gasteiger partial charge on any atom is 0.216 e. The van der Waals surface area contributed by atoms with Gasteiger partial charge in [0.15, 0.2) is 0 Å². The fraction of sp³-hybridized carbons (Fsp3) is 0. The Morgan fingerprint density at radius 2 is 2.06 bits per heavy atom. The molecule has 16 heavy (non-hydrogen) atoms. The first-order chi connectivity index (χ1) is 7.92. The molecule has 0 unspecified atom stereocenters. The topological polar surface area (TPSA) is 43.1 Å². The first-order valence-corrected chi connectivity index (χ1v) is 5.62. The second-order valence-electron chi connectivity index (χ2n) is 3.26. The van der Waals surface area contributed by atoms with Crippen molar-refractivity contribution in [1.82, 2.24) is 14.9 Å². The predicted octanol–water partition coefficient (Wildman–Crippen LogP) is 2.26. The van der Waals surface area contributed by atoms with E-state index < -0.39 is 0 Å². The van der Waals surface area contributed by atoms with Crippen molar-refractivity contribution in [1.29, 1.82) is 0 Å². The normalized spacial score (nSPS) is 16.4. The summed E-state index contributed by atoms with van der Waals surface area (Å²) < 4.78 is 1.66. The molecule has 0 radical (unpaired) electrons. The van der Waals surface area contributed by atoms with E-state index in [-0.39, 0.29) is 0 Å². The highest BCUT2D eigenvalue weighted by Crippen LogP contribution is 2.28. The first-order valence-electron chi connectivity index (χ1n) is 4.81. The number of hydrogen-bond acceptors (Lipinski definition) is 4. The molecule has 5 heteroatoms. The average Bonchev–Trinajstić information content (AvgIpc) is 2.77. The number of aromatic nitrogens is 3. The van der Waals surface area contributed by atoms with Crippen molar-refractivity contribution in [3.05, 3.63) is 47.1 Å². The van der Waals surface area contributed by atoms with Gasteiger partial charge in [0, 0.05) is 4.91 Å². The lowest BCUT2D eigenvalue weighted by atomic mass is 10.2. The first kappa shape index (κ1) is 9.35. The third kappa shape index (κ3) is 1.77. The second kappa shape index (κ2) is 3.94. The monoisotopic (exact) mass is 228 g/mol. The molecule has 1 aromatic carbocycles. The third-order valence-electron chi connectivity index (χ3n) is 2.13. The molecule has 0 saturated heterocycles. The Balaban J connectivity index is 1.92. The Labute approximate surface area is 96.7 Å². The van der Waals surface area contributed by atoms with E-state index >= 15 is 0 Å². The van der Waals surface area contributed by atoms with Gasteiger partial charge in [0.25, 0.3) is 0 Å². The summed E-state index contributed by atoms with van der Waals surface area (Å²) in [4.78, 5) is 1.06. The van der Waals surface area contributed by atoms with Gasteiger partial charge in [-0.1, -0.05) is 30.3 Å². The van der Waals surface area contributed by atoms with Crippen LogP contribution in [-0.4, -0.2) is 21.1 Å². The van der Waals surface area contributed by atoms with Crippen molar-refractivity contribution in [3.8, 4) is 0 Å². The van der Waals surface area contributed by atoms with Crippen LogP contribution < -0.4 is 0 Å². The van der Waals surface area contributed by atoms with Crippen molar-refractivity contribution in [2.45, 2.75) is 5.16 Å². The third-order valence-corrected chi connectivity index (χ3v) is 3.04. The zero-order chi connectivity index (χ0) is 10.8. The van der Waals surface area contributed by atoms with Gasteiger partial charge < -0.3 is 0 Å². The highest BCUT2D eigenvalue weighted by atomic mass is 32.2. The summed E-state index contributed by atoms with van der Waals surface area (Å²) in [7, 11) is 0. The Hall–Kier alpha value is -1.88. The van der Waals surface area contributed by atoms with Gasteiger partial charge in [0.05, 0.1) is 6.21 Å². The van der Waals surface area contributed by atoms with Crippen LogP contribution in [0.3, 0.4) is 0 Å². The minimum absolute atomic E-state index is 0.796. The van der Waals surface area contributed by atoms with Gasteiger partial charge in [-0.05, 0) is 23.4 Å². The summed E-state index contributed by atoms with van der Waals surface area (Å²) >= 11 is 1.56. The van der Waals surface area contributed by atoms with Gasteiger partial charge >= 0.3 is 0 Å². The second-order valence-corrected chi connectivity index (χ2v) is 4.30. The van der Waals surface area contributed by atoms with Crippen LogP contribution in [0.15, 0.2) is 51.8 Å². The van der Waals surface area contributed by atoms with Crippen LogP contribution in [-0.2, 0) is 0 Å². The minimum Gasteiger partial charge on any atom is -0.194 e. The zero-order valence-corrected chi connectivity index (χ0v) is 9.13.